The lowest BCUT2D eigenvalue weighted by Gasteiger charge is -2.51. The van der Waals surface area contributed by atoms with E-state index in [9.17, 15) is 0 Å². The van der Waals surface area contributed by atoms with Crippen LogP contribution in [0.4, 0.5) is 17.1 Å². The minimum Gasteiger partial charge on any atom is -0.313 e. The van der Waals surface area contributed by atoms with Crippen molar-refractivity contribution in [3.8, 4) is 0 Å². The Labute approximate surface area is 254 Å². The lowest BCUT2D eigenvalue weighted by molar-refractivity contribution is 1.27. The van der Waals surface area contributed by atoms with Gasteiger partial charge in [-0.1, -0.05) is 137 Å². The van der Waals surface area contributed by atoms with Crippen LogP contribution in [-0.4, -0.2) is 20.1 Å². The number of nitrogens with zero attached hydrogens (tertiary/aromatic N) is 1. The minimum atomic E-state index is 0.195. The fraction of sp³-hybridized carbons (Fsp3) is 0. The number of hydrogen-bond donors (Lipinski definition) is 0. The summed E-state index contributed by atoms with van der Waals surface area (Å²) in [6.45, 7) is 0.657. The normalized spacial score (nSPS) is 15.2. The molecule has 1 nitrogen and oxygen atoms in total. The molecular formula is C36H20B3NS2. The van der Waals surface area contributed by atoms with Crippen LogP contribution in [0, 0.1) is 0 Å². The SMILES string of the molecule is c1ccc(B2c3ccc4c5c3N3c6c(cccc6B6c7ccccc7Sc7ccc2c3c76)B5c2ccccc2S4)cc1. The van der Waals surface area contributed by atoms with Crippen LogP contribution in [0.5, 0.6) is 0 Å². The minimum absolute atomic E-state index is 0.195. The molecule has 0 unspecified atom stereocenters. The Kier molecular flexibility index (Phi) is 4.24. The molecule has 5 aliphatic heterocycles. The van der Waals surface area contributed by atoms with Gasteiger partial charge in [0.25, 0.3) is 0 Å². The Hall–Kier alpha value is -3.99. The number of para-hydroxylation sites is 1. The third-order valence-corrected chi connectivity index (χ3v) is 12.4. The van der Waals surface area contributed by atoms with E-state index in [2.05, 4.69) is 126 Å². The summed E-state index contributed by atoms with van der Waals surface area (Å²) in [7, 11) is 0. The summed E-state index contributed by atoms with van der Waals surface area (Å²) in [5.41, 5.74) is 17.3. The zero-order chi connectivity index (χ0) is 27.1. The van der Waals surface area contributed by atoms with Crippen molar-refractivity contribution in [1.82, 2.24) is 0 Å². The van der Waals surface area contributed by atoms with Crippen LogP contribution in [0.15, 0.2) is 141 Å². The first-order chi connectivity index (χ1) is 20.9. The molecule has 0 spiro atoms. The van der Waals surface area contributed by atoms with Crippen molar-refractivity contribution >= 4 is 110 Å². The molecule has 0 aromatic heterocycles. The van der Waals surface area contributed by atoms with Crippen LogP contribution in [0.1, 0.15) is 0 Å². The Bertz CT molecular complexity index is 2070. The molecule has 0 fully saturated rings. The second kappa shape index (κ2) is 7.89. The van der Waals surface area contributed by atoms with Crippen molar-refractivity contribution in [3.05, 3.63) is 121 Å². The smallest absolute Gasteiger partial charge is 0.249 e. The molecule has 6 aromatic rings. The first-order valence-corrected chi connectivity index (χ1v) is 16.3. The first kappa shape index (κ1) is 22.6. The molecule has 0 amide bonds. The summed E-state index contributed by atoms with van der Waals surface area (Å²) in [5, 5.41) is 0. The van der Waals surface area contributed by atoms with E-state index in [0.717, 1.165) is 0 Å². The maximum atomic E-state index is 2.71. The second-order valence-electron chi connectivity index (χ2n) is 11.9. The van der Waals surface area contributed by atoms with Crippen LogP contribution < -0.4 is 54.1 Å². The van der Waals surface area contributed by atoms with Crippen LogP contribution >= 0.6 is 23.5 Å². The quantitative estimate of drug-likeness (QED) is 0.283. The van der Waals surface area contributed by atoms with Gasteiger partial charge in [-0.25, -0.2) is 0 Å². The third-order valence-electron chi connectivity index (χ3n) is 10.0. The first-order valence-electron chi connectivity index (χ1n) is 14.7. The number of benzene rings is 6. The predicted molar refractivity (Wildman–Crippen MR) is 183 cm³/mol. The van der Waals surface area contributed by atoms with Gasteiger partial charge in [0.1, 0.15) is 0 Å². The van der Waals surface area contributed by atoms with Crippen LogP contribution in [0.3, 0.4) is 0 Å². The number of anilines is 3. The highest BCUT2D eigenvalue weighted by atomic mass is 32.2. The number of fused-ring (bicyclic) bond motifs is 6. The molecule has 6 heteroatoms. The van der Waals surface area contributed by atoms with Crippen molar-refractivity contribution in [2.75, 3.05) is 4.90 Å². The van der Waals surface area contributed by atoms with Gasteiger partial charge in [0.05, 0.1) is 0 Å². The van der Waals surface area contributed by atoms with E-state index in [1.165, 1.54) is 85.8 Å². The van der Waals surface area contributed by atoms with Gasteiger partial charge in [-0.05, 0) is 57.0 Å². The van der Waals surface area contributed by atoms with Gasteiger partial charge in [0.2, 0.25) is 20.1 Å². The molecular weight excluding hydrogens is 543 g/mol. The summed E-state index contributed by atoms with van der Waals surface area (Å²) in [5.74, 6) is 0. The van der Waals surface area contributed by atoms with E-state index in [0.29, 0.717) is 0 Å². The summed E-state index contributed by atoms with van der Waals surface area (Å²) >= 11 is 3.89. The highest BCUT2D eigenvalue weighted by Crippen LogP contribution is 2.45. The molecule has 0 bridgehead atoms. The van der Waals surface area contributed by atoms with Crippen molar-refractivity contribution in [1.29, 1.82) is 0 Å². The summed E-state index contributed by atoms with van der Waals surface area (Å²) < 4.78 is 0. The van der Waals surface area contributed by atoms with E-state index in [1.807, 2.05) is 23.5 Å². The fourth-order valence-corrected chi connectivity index (χ4v) is 10.8. The van der Waals surface area contributed by atoms with E-state index in [1.54, 1.807) is 0 Å². The van der Waals surface area contributed by atoms with Crippen molar-refractivity contribution in [2.24, 2.45) is 0 Å². The standard InChI is InChI=1S/C36H20B3NS2/c1-2-9-21(10-3-1)37-26-17-19-30-32-35(26)40-34-24(38(32)22-11-4-6-15-28(22)41-30)13-8-14-25(34)39-23-12-5-7-16-29(23)42-31-20-18-27(37)36(40)33(31)39/h1-20H. The Balaban J connectivity index is 1.33. The molecule has 0 saturated heterocycles. The lowest BCUT2D eigenvalue weighted by atomic mass is 9.26. The van der Waals surface area contributed by atoms with Crippen molar-refractivity contribution < 1.29 is 0 Å². The van der Waals surface area contributed by atoms with E-state index in [-0.39, 0.29) is 20.1 Å². The average Bonchev–Trinajstić information content (AvgIpc) is 3.05. The summed E-state index contributed by atoms with van der Waals surface area (Å²) in [6, 6.07) is 46.2. The van der Waals surface area contributed by atoms with E-state index < -0.39 is 0 Å². The van der Waals surface area contributed by atoms with Crippen LogP contribution in [0.25, 0.3) is 0 Å². The van der Waals surface area contributed by atoms with E-state index in [4.69, 9.17) is 0 Å². The van der Waals surface area contributed by atoms with Crippen molar-refractivity contribution in [3.63, 3.8) is 0 Å². The zero-order valence-corrected chi connectivity index (χ0v) is 24.2. The van der Waals surface area contributed by atoms with Gasteiger partial charge < -0.3 is 4.90 Å². The van der Waals surface area contributed by atoms with Crippen LogP contribution in [0.2, 0.25) is 0 Å². The van der Waals surface area contributed by atoms with E-state index >= 15 is 0 Å². The maximum Gasteiger partial charge on any atom is 0.249 e. The molecule has 5 heterocycles. The molecule has 0 saturated carbocycles. The van der Waals surface area contributed by atoms with Gasteiger partial charge >= 0.3 is 0 Å². The van der Waals surface area contributed by atoms with Gasteiger partial charge in [-0.2, -0.15) is 0 Å². The molecule has 11 rings (SSSR count). The van der Waals surface area contributed by atoms with Gasteiger partial charge in [0.15, 0.2) is 0 Å². The lowest BCUT2D eigenvalue weighted by Crippen LogP contribution is -2.72. The summed E-state index contributed by atoms with van der Waals surface area (Å²) in [6.07, 6.45) is 0. The largest absolute Gasteiger partial charge is 0.313 e. The fourth-order valence-electron chi connectivity index (χ4n) is 8.54. The molecule has 6 aromatic carbocycles. The summed E-state index contributed by atoms with van der Waals surface area (Å²) in [4.78, 5) is 8.28. The van der Waals surface area contributed by atoms with Gasteiger partial charge in [-0.15, -0.1) is 0 Å². The molecule has 0 atom stereocenters. The van der Waals surface area contributed by atoms with Gasteiger partial charge in [-0.3, -0.25) is 0 Å². The number of hydrogen-bond acceptors (Lipinski definition) is 3. The van der Waals surface area contributed by atoms with Crippen LogP contribution in [-0.2, 0) is 0 Å². The maximum absolute atomic E-state index is 2.71. The Morgan fingerprint density at radius 1 is 0.357 bits per heavy atom. The molecule has 190 valence electrons. The molecule has 42 heavy (non-hydrogen) atoms. The molecule has 5 aliphatic rings. The van der Waals surface area contributed by atoms with Gasteiger partial charge in [0, 0.05) is 36.6 Å². The Morgan fingerprint density at radius 3 is 1.40 bits per heavy atom. The molecule has 0 N–H and O–H groups in total. The average molecular weight is 563 g/mol. The Morgan fingerprint density at radius 2 is 0.833 bits per heavy atom. The topological polar surface area (TPSA) is 3.24 Å². The molecule has 0 radical (unpaired) electrons. The number of rotatable bonds is 1. The monoisotopic (exact) mass is 563 g/mol. The second-order valence-corrected chi connectivity index (χ2v) is 14.1. The highest BCUT2D eigenvalue weighted by Gasteiger charge is 2.52. The zero-order valence-electron chi connectivity index (χ0n) is 22.5. The molecule has 0 aliphatic carbocycles. The highest BCUT2D eigenvalue weighted by molar-refractivity contribution is 8.00. The third kappa shape index (κ3) is 2.61. The van der Waals surface area contributed by atoms with Crippen molar-refractivity contribution in [2.45, 2.75) is 19.6 Å². The predicted octanol–water partition coefficient (Wildman–Crippen LogP) is 2.57.